The maximum absolute atomic E-state index is 13.2. The highest BCUT2D eigenvalue weighted by atomic mass is 19.1. The van der Waals surface area contributed by atoms with E-state index in [-0.39, 0.29) is 11.2 Å². The van der Waals surface area contributed by atoms with Gasteiger partial charge in [0.2, 0.25) is 0 Å². The monoisotopic (exact) mass is 362 g/mol. The van der Waals surface area contributed by atoms with Crippen LogP contribution in [0.15, 0.2) is 66.4 Å². The van der Waals surface area contributed by atoms with E-state index in [9.17, 15) is 9.50 Å². The number of aliphatic hydroxyl groups excluding tert-OH is 1. The number of aliphatic hydroxyl groups is 1. The van der Waals surface area contributed by atoms with Crippen molar-refractivity contribution in [1.29, 1.82) is 0 Å². The molecule has 138 valence electrons. The number of fused-ring (bicyclic) bond motifs is 1. The van der Waals surface area contributed by atoms with E-state index in [4.69, 9.17) is 0 Å². The number of nitrogens with zero attached hydrogens (tertiary/aromatic N) is 2. The molecule has 0 aliphatic heterocycles. The average molecular weight is 362 g/mol. The topological polar surface area (TPSA) is 38.0 Å². The summed E-state index contributed by atoms with van der Waals surface area (Å²) in [5.41, 5.74) is 5.04. The fourth-order valence-corrected chi connectivity index (χ4v) is 3.86. The first-order chi connectivity index (χ1) is 13.0. The number of halogens is 1. The van der Waals surface area contributed by atoms with Crippen molar-refractivity contribution in [2.45, 2.75) is 32.8 Å². The molecule has 0 bridgehead atoms. The van der Waals surface area contributed by atoms with Gasteiger partial charge in [0.05, 0.1) is 23.7 Å². The zero-order valence-corrected chi connectivity index (χ0v) is 15.6. The van der Waals surface area contributed by atoms with Gasteiger partial charge in [-0.3, -0.25) is 0 Å². The zero-order chi connectivity index (χ0) is 19.0. The van der Waals surface area contributed by atoms with Crippen LogP contribution in [0, 0.1) is 11.2 Å². The molecule has 4 rings (SSSR count). The zero-order valence-electron chi connectivity index (χ0n) is 15.6. The molecule has 1 unspecified atom stereocenters. The quantitative estimate of drug-likeness (QED) is 0.701. The van der Waals surface area contributed by atoms with Crippen LogP contribution in [0.3, 0.4) is 0 Å². The Morgan fingerprint density at radius 1 is 1.15 bits per heavy atom. The first-order valence-corrected chi connectivity index (χ1v) is 9.21. The smallest absolute Gasteiger partial charge is 0.123 e. The van der Waals surface area contributed by atoms with Gasteiger partial charge in [0.15, 0.2) is 0 Å². The van der Waals surface area contributed by atoms with E-state index >= 15 is 0 Å². The molecule has 0 saturated heterocycles. The summed E-state index contributed by atoms with van der Waals surface area (Å²) in [4.78, 5) is 0. The minimum atomic E-state index is -0.506. The van der Waals surface area contributed by atoms with Crippen molar-refractivity contribution in [2.75, 3.05) is 0 Å². The highest BCUT2D eigenvalue weighted by Gasteiger charge is 2.35. The number of benzene rings is 2. The van der Waals surface area contributed by atoms with Gasteiger partial charge in [0.25, 0.3) is 0 Å². The van der Waals surface area contributed by atoms with Crippen LogP contribution < -0.4 is 0 Å². The standard InChI is InChI=1S/C23H23FN2O/c1-16-12-21-18(15-25-26(21)20-10-8-19(24)9-11-20)13-23(16,2)14-22(27)17-6-4-3-5-7-17/h3-12,15,22,27H,13-14H2,1-2H3/t22?,23-/m0/s1. The molecule has 0 spiro atoms. The van der Waals surface area contributed by atoms with Crippen molar-refractivity contribution in [3.63, 3.8) is 0 Å². The minimum Gasteiger partial charge on any atom is -0.388 e. The number of allylic oxidation sites excluding steroid dienone is 1. The molecule has 2 atom stereocenters. The second kappa shape index (κ2) is 6.78. The predicted molar refractivity (Wildman–Crippen MR) is 105 cm³/mol. The SMILES string of the molecule is CC1=Cc2c(cnn2-c2ccc(F)cc2)C[C@@]1(C)CC(O)c1ccccc1. The molecule has 0 saturated carbocycles. The molecule has 27 heavy (non-hydrogen) atoms. The average Bonchev–Trinajstić information content (AvgIpc) is 3.05. The third-order valence-corrected chi connectivity index (χ3v) is 5.67. The Bertz CT molecular complexity index is 975. The van der Waals surface area contributed by atoms with E-state index in [0.29, 0.717) is 6.42 Å². The van der Waals surface area contributed by atoms with Gasteiger partial charge < -0.3 is 5.11 Å². The summed E-state index contributed by atoms with van der Waals surface area (Å²) < 4.78 is 15.1. The van der Waals surface area contributed by atoms with Gasteiger partial charge in [-0.2, -0.15) is 5.10 Å². The summed E-state index contributed by atoms with van der Waals surface area (Å²) in [6.07, 6.45) is 4.99. The first kappa shape index (κ1) is 17.7. The summed E-state index contributed by atoms with van der Waals surface area (Å²) in [5.74, 6) is -0.256. The molecular weight excluding hydrogens is 339 g/mol. The van der Waals surface area contributed by atoms with Gasteiger partial charge in [0, 0.05) is 0 Å². The molecule has 1 aliphatic carbocycles. The number of rotatable bonds is 4. The van der Waals surface area contributed by atoms with Crippen molar-refractivity contribution in [3.8, 4) is 5.69 Å². The van der Waals surface area contributed by atoms with Crippen molar-refractivity contribution in [1.82, 2.24) is 9.78 Å². The lowest BCUT2D eigenvalue weighted by molar-refractivity contribution is 0.121. The molecule has 0 radical (unpaired) electrons. The molecule has 1 aliphatic rings. The van der Waals surface area contributed by atoms with Crippen LogP contribution in [0.2, 0.25) is 0 Å². The number of hydrogen-bond donors (Lipinski definition) is 1. The Morgan fingerprint density at radius 2 is 1.85 bits per heavy atom. The van der Waals surface area contributed by atoms with E-state index in [1.54, 1.807) is 12.1 Å². The minimum absolute atomic E-state index is 0.140. The maximum atomic E-state index is 13.2. The van der Waals surface area contributed by atoms with E-state index in [0.717, 1.165) is 28.9 Å². The summed E-state index contributed by atoms with van der Waals surface area (Å²) in [6, 6.07) is 16.2. The molecule has 2 aromatic carbocycles. The maximum Gasteiger partial charge on any atom is 0.123 e. The van der Waals surface area contributed by atoms with Gasteiger partial charge in [-0.25, -0.2) is 9.07 Å². The van der Waals surface area contributed by atoms with Gasteiger partial charge in [-0.1, -0.05) is 42.8 Å². The number of hydrogen-bond acceptors (Lipinski definition) is 2. The Labute approximate surface area is 158 Å². The van der Waals surface area contributed by atoms with Crippen molar-refractivity contribution >= 4 is 6.08 Å². The second-order valence-electron chi connectivity index (χ2n) is 7.64. The molecule has 0 amide bonds. The van der Waals surface area contributed by atoms with Crippen LogP contribution in [0.25, 0.3) is 11.8 Å². The van der Waals surface area contributed by atoms with Crippen molar-refractivity contribution in [3.05, 3.63) is 89.0 Å². The Morgan fingerprint density at radius 3 is 2.56 bits per heavy atom. The lowest BCUT2D eigenvalue weighted by Gasteiger charge is -2.36. The summed E-state index contributed by atoms with van der Waals surface area (Å²) in [6.45, 7) is 4.31. The van der Waals surface area contributed by atoms with Crippen LogP contribution in [-0.4, -0.2) is 14.9 Å². The molecule has 4 heteroatoms. The van der Waals surface area contributed by atoms with Crippen LogP contribution in [-0.2, 0) is 6.42 Å². The summed E-state index contributed by atoms with van der Waals surface area (Å²) >= 11 is 0. The lowest BCUT2D eigenvalue weighted by Crippen LogP contribution is -2.27. The van der Waals surface area contributed by atoms with E-state index in [1.807, 2.05) is 41.2 Å². The highest BCUT2D eigenvalue weighted by molar-refractivity contribution is 5.60. The molecule has 1 aromatic heterocycles. The predicted octanol–water partition coefficient (Wildman–Crippen LogP) is 5.10. The summed E-state index contributed by atoms with van der Waals surface area (Å²) in [7, 11) is 0. The number of aromatic nitrogens is 2. The van der Waals surface area contributed by atoms with Crippen molar-refractivity contribution < 1.29 is 9.50 Å². The van der Waals surface area contributed by atoms with Gasteiger partial charge >= 0.3 is 0 Å². The molecule has 1 N–H and O–H groups in total. The second-order valence-corrected chi connectivity index (χ2v) is 7.64. The molecule has 1 heterocycles. The highest BCUT2D eigenvalue weighted by Crippen LogP contribution is 2.44. The largest absolute Gasteiger partial charge is 0.388 e. The molecule has 0 fully saturated rings. The van der Waals surface area contributed by atoms with Gasteiger partial charge in [0.1, 0.15) is 5.82 Å². The molecule has 3 aromatic rings. The van der Waals surface area contributed by atoms with E-state index in [2.05, 4.69) is 25.0 Å². The van der Waals surface area contributed by atoms with Crippen LogP contribution in [0.5, 0.6) is 0 Å². The van der Waals surface area contributed by atoms with Crippen molar-refractivity contribution in [2.24, 2.45) is 5.41 Å². The third kappa shape index (κ3) is 3.33. The van der Waals surface area contributed by atoms with Crippen LogP contribution in [0.1, 0.15) is 43.2 Å². The Kier molecular flexibility index (Phi) is 4.44. The fraction of sp³-hybridized carbons (Fsp3) is 0.261. The van der Waals surface area contributed by atoms with E-state index < -0.39 is 6.10 Å². The Hall–Kier alpha value is -2.72. The Balaban J connectivity index is 1.63. The first-order valence-electron chi connectivity index (χ1n) is 9.21. The van der Waals surface area contributed by atoms with Crippen LogP contribution in [0.4, 0.5) is 4.39 Å². The third-order valence-electron chi connectivity index (χ3n) is 5.67. The van der Waals surface area contributed by atoms with Gasteiger partial charge in [-0.15, -0.1) is 0 Å². The lowest BCUT2D eigenvalue weighted by atomic mass is 9.70. The normalized spacial score (nSPS) is 20.1. The van der Waals surface area contributed by atoms with Crippen LogP contribution >= 0.6 is 0 Å². The fourth-order valence-electron chi connectivity index (χ4n) is 3.86. The van der Waals surface area contributed by atoms with E-state index in [1.165, 1.54) is 17.7 Å². The molecular formula is C23H23FN2O. The van der Waals surface area contributed by atoms with Gasteiger partial charge in [-0.05, 0) is 66.6 Å². The molecule has 3 nitrogen and oxygen atoms in total. The summed E-state index contributed by atoms with van der Waals surface area (Å²) in [5, 5.41) is 15.3.